The quantitative estimate of drug-likeness (QED) is 0.126. The number of fused-ring (bicyclic) bond motifs is 4. The molecule has 15 heteroatoms. The molecule has 4 amide bonds. The van der Waals surface area contributed by atoms with Crippen LogP contribution >= 0.6 is 0 Å². The number of likely N-dealkylation sites (tertiary alicyclic amines) is 3. The molecule has 3 saturated heterocycles. The highest BCUT2D eigenvalue weighted by Gasteiger charge is 2.54. The smallest absolute Gasteiger partial charge is 0.407 e. The van der Waals surface area contributed by atoms with Gasteiger partial charge in [-0.2, -0.15) is 0 Å². The molecule has 5 N–H and O–H groups in total. The molecule has 2 spiro atoms. The topological polar surface area (TPSA) is 173 Å². The van der Waals surface area contributed by atoms with E-state index in [1.54, 1.807) is 0 Å². The second-order valence-corrected chi connectivity index (χ2v) is 24.2. The van der Waals surface area contributed by atoms with Gasteiger partial charge in [-0.25, -0.2) is 14.6 Å². The van der Waals surface area contributed by atoms with E-state index in [1.165, 1.54) is 97.3 Å². The van der Waals surface area contributed by atoms with E-state index >= 15 is 0 Å². The maximum Gasteiger partial charge on any atom is 0.407 e. The highest BCUT2D eigenvalue weighted by molar-refractivity contribution is 5.88. The zero-order chi connectivity index (χ0) is 50.9. The Morgan fingerprint density at radius 3 is 1.90 bits per heavy atom. The molecule has 7 atom stereocenters. The van der Waals surface area contributed by atoms with Crippen molar-refractivity contribution in [2.75, 3.05) is 40.9 Å². The lowest BCUT2D eigenvalue weighted by Crippen LogP contribution is -2.61. The van der Waals surface area contributed by atoms with Crippen LogP contribution in [0.15, 0.2) is 36.7 Å². The second kappa shape index (κ2) is 19.6. The van der Waals surface area contributed by atoms with Crippen LogP contribution in [0.2, 0.25) is 0 Å². The minimum Gasteiger partial charge on any atom is -0.453 e. The van der Waals surface area contributed by atoms with Crippen molar-refractivity contribution in [1.82, 2.24) is 45.9 Å². The molecule has 5 fully saturated rings. The molecule has 11 rings (SSSR count). The van der Waals surface area contributed by atoms with Crippen molar-refractivity contribution in [3.8, 4) is 22.4 Å². The summed E-state index contributed by atoms with van der Waals surface area (Å²) < 4.78 is 9.86. The number of piperidine rings is 3. The number of hydrogen-bond acceptors (Lipinski definition) is 10. The predicted molar refractivity (Wildman–Crippen MR) is 281 cm³/mol. The van der Waals surface area contributed by atoms with Gasteiger partial charge in [-0.3, -0.25) is 9.59 Å². The summed E-state index contributed by atoms with van der Waals surface area (Å²) in [4.78, 5) is 68.7. The van der Waals surface area contributed by atoms with Crippen molar-refractivity contribution in [1.29, 1.82) is 0 Å². The third kappa shape index (κ3) is 8.96. The SMILES string of the molecule is COC(=O)N[C@H](C(=O)N1CCCC[C@H]1c1ncc(-c2ccc(-c3ccc(C4=CNC([C@@H]5C6CCC(C6)N5C(=O)[C@@H](NC(=O)OC)C(C)C)N4)c4c3CC3(CCN(C)CC3)C4)c3c2CC2(CCCC2)C3)[nH]1)C(C)C. The van der Waals surface area contributed by atoms with Crippen molar-refractivity contribution in [2.24, 2.45) is 28.6 Å². The zero-order valence-corrected chi connectivity index (χ0v) is 44.3. The van der Waals surface area contributed by atoms with Gasteiger partial charge in [0.05, 0.1) is 43.9 Å². The van der Waals surface area contributed by atoms with Crippen molar-refractivity contribution < 1.29 is 28.7 Å². The lowest BCUT2D eigenvalue weighted by atomic mass is 9.75. The third-order valence-electron chi connectivity index (χ3n) is 19.1. The molecule has 392 valence electrons. The number of alkyl carbamates (subject to hydrolysis) is 2. The molecule has 73 heavy (non-hydrogen) atoms. The van der Waals surface area contributed by atoms with Crippen molar-refractivity contribution in [3.63, 3.8) is 0 Å². The summed E-state index contributed by atoms with van der Waals surface area (Å²) in [5.74, 6) is 0.857. The van der Waals surface area contributed by atoms with Gasteiger partial charge >= 0.3 is 12.2 Å². The predicted octanol–water partition coefficient (Wildman–Crippen LogP) is 8.22. The number of methoxy groups -OCH3 is 2. The molecule has 2 aromatic carbocycles. The Morgan fingerprint density at radius 2 is 1.27 bits per heavy atom. The Bertz CT molecular complexity index is 2660. The number of aromatic nitrogens is 2. The van der Waals surface area contributed by atoms with Crippen LogP contribution in [0.5, 0.6) is 0 Å². The number of nitrogens with zero attached hydrogens (tertiary/aromatic N) is 4. The number of imidazole rings is 1. The van der Waals surface area contributed by atoms with Gasteiger partial charge in [0.15, 0.2) is 0 Å². The first-order valence-corrected chi connectivity index (χ1v) is 27.8. The van der Waals surface area contributed by atoms with E-state index in [0.717, 1.165) is 94.5 Å². The Balaban J connectivity index is 0.920. The Labute approximate surface area is 431 Å². The van der Waals surface area contributed by atoms with Crippen molar-refractivity contribution in [3.05, 3.63) is 70.3 Å². The molecule has 3 aromatic rings. The summed E-state index contributed by atoms with van der Waals surface area (Å²) in [5, 5.41) is 13.4. The molecular weight excluding hydrogens is 919 g/mol. The molecular formula is C58H79N9O6. The standard InChI is InChI=1S/C58H79N9O6/c1-33(2)48(63-55(70)72-6)53(68)66-23-11-8-12-47(66)51-59-31-45(61-51)39-17-15-37(41-27-57(29-43(39)41)19-9-10-20-57)38-16-18-40(44-30-58(28-42(38)44)21-24-65(5)25-22-58)46-32-60-52(62-46)50-35-13-14-36(26-35)67(50)54(69)49(34(3)4)64-56(71)73-7/h15-18,31-36,47-50,52,60,62H,8-14,19-30H2,1-7H3,(H,59,61)(H,63,70)(H,64,71)/t35?,36?,47-,48-,49-,50-,52?/m0/s1. The molecule has 1 aromatic heterocycles. The van der Waals surface area contributed by atoms with Gasteiger partial charge in [0.1, 0.15) is 24.1 Å². The molecule has 4 aliphatic heterocycles. The maximum atomic E-state index is 14.5. The first-order chi connectivity index (χ1) is 35.2. The Hall–Kier alpha value is -5.57. The van der Waals surface area contributed by atoms with Crippen LogP contribution in [0.4, 0.5) is 9.59 Å². The van der Waals surface area contributed by atoms with Gasteiger partial charge in [0.25, 0.3) is 0 Å². The molecule has 3 unspecified atom stereocenters. The van der Waals surface area contributed by atoms with Crippen LogP contribution in [-0.2, 0) is 44.7 Å². The molecule has 0 radical (unpaired) electrons. The number of carbonyl (C=O) groups excluding carboxylic acids is 4. The monoisotopic (exact) mass is 998 g/mol. The number of amides is 4. The number of hydrogen-bond donors (Lipinski definition) is 5. The number of ether oxygens (including phenoxy) is 2. The number of benzene rings is 2. The Morgan fingerprint density at radius 1 is 0.699 bits per heavy atom. The largest absolute Gasteiger partial charge is 0.453 e. The molecule has 15 nitrogen and oxygen atoms in total. The third-order valence-corrected chi connectivity index (χ3v) is 19.1. The molecule has 5 heterocycles. The summed E-state index contributed by atoms with van der Waals surface area (Å²) in [6.45, 7) is 10.7. The summed E-state index contributed by atoms with van der Waals surface area (Å²) in [6.07, 6.45) is 20.3. The van der Waals surface area contributed by atoms with Gasteiger partial charge < -0.3 is 50.4 Å². The summed E-state index contributed by atoms with van der Waals surface area (Å²) >= 11 is 0. The molecule has 8 aliphatic rings. The fourth-order valence-electron chi connectivity index (χ4n) is 15.2. The Kier molecular flexibility index (Phi) is 13.3. The van der Waals surface area contributed by atoms with Crippen molar-refractivity contribution in [2.45, 2.75) is 167 Å². The van der Waals surface area contributed by atoms with Crippen LogP contribution in [0, 0.1) is 28.6 Å². The molecule has 4 aliphatic carbocycles. The van der Waals surface area contributed by atoms with Gasteiger partial charge in [0.2, 0.25) is 11.8 Å². The highest BCUT2D eigenvalue weighted by Crippen LogP contribution is 2.56. The minimum atomic E-state index is -0.692. The number of aromatic amines is 1. The highest BCUT2D eigenvalue weighted by atomic mass is 16.5. The van der Waals surface area contributed by atoms with Gasteiger partial charge in [-0.05, 0) is 172 Å². The lowest BCUT2D eigenvalue weighted by Gasteiger charge is -2.41. The zero-order valence-electron chi connectivity index (χ0n) is 44.3. The normalized spacial score (nSPS) is 26.4. The van der Waals surface area contributed by atoms with E-state index in [2.05, 4.69) is 73.6 Å². The lowest BCUT2D eigenvalue weighted by molar-refractivity contribution is -0.140. The van der Waals surface area contributed by atoms with Gasteiger partial charge in [-0.1, -0.05) is 64.8 Å². The van der Waals surface area contributed by atoms with E-state index in [9.17, 15) is 19.2 Å². The first-order valence-electron chi connectivity index (χ1n) is 27.8. The van der Waals surface area contributed by atoms with Crippen LogP contribution in [0.1, 0.15) is 144 Å². The average molecular weight is 998 g/mol. The molecule has 2 saturated carbocycles. The number of H-pyrrole nitrogens is 1. The van der Waals surface area contributed by atoms with E-state index in [4.69, 9.17) is 14.5 Å². The minimum absolute atomic E-state index is 0.0241. The van der Waals surface area contributed by atoms with E-state index in [-0.39, 0.29) is 58.8 Å². The van der Waals surface area contributed by atoms with Crippen LogP contribution < -0.4 is 21.3 Å². The second-order valence-electron chi connectivity index (χ2n) is 24.2. The van der Waals surface area contributed by atoms with E-state index < -0.39 is 24.3 Å². The fourth-order valence-corrected chi connectivity index (χ4v) is 15.2. The fraction of sp³-hybridized carbons (Fsp3) is 0.638. The number of rotatable bonds is 11. The number of carbonyl (C=O) groups is 4. The summed E-state index contributed by atoms with van der Waals surface area (Å²) in [6, 6.07) is 8.12. The van der Waals surface area contributed by atoms with Gasteiger partial charge in [-0.15, -0.1) is 0 Å². The van der Waals surface area contributed by atoms with Crippen LogP contribution in [0.3, 0.4) is 0 Å². The molecule has 2 bridgehead atoms. The number of nitrogens with one attached hydrogen (secondary N) is 5. The van der Waals surface area contributed by atoms with Crippen molar-refractivity contribution >= 4 is 29.7 Å². The van der Waals surface area contributed by atoms with E-state index in [0.29, 0.717) is 12.5 Å². The van der Waals surface area contributed by atoms with Crippen LogP contribution in [-0.4, -0.2) is 120 Å². The first kappa shape index (κ1) is 49.6. The average Bonchev–Trinajstić information content (AvgIpc) is 4.27. The van der Waals surface area contributed by atoms with E-state index in [1.807, 2.05) is 38.8 Å². The van der Waals surface area contributed by atoms with Gasteiger partial charge in [0, 0.05) is 29.9 Å². The maximum absolute atomic E-state index is 14.5. The van der Waals surface area contributed by atoms with Crippen LogP contribution in [0.25, 0.3) is 28.1 Å². The summed E-state index contributed by atoms with van der Waals surface area (Å²) in [5.41, 5.74) is 13.7. The summed E-state index contributed by atoms with van der Waals surface area (Å²) in [7, 11) is 4.93.